The molecular weight excluding hydrogens is 348 g/mol. The van der Waals surface area contributed by atoms with E-state index >= 15 is 0 Å². The van der Waals surface area contributed by atoms with Gasteiger partial charge in [-0.1, -0.05) is 81.5 Å². The Morgan fingerprint density at radius 2 is 1.61 bits per heavy atom. The summed E-state index contributed by atoms with van der Waals surface area (Å²) >= 11 is 0. The molecule has 0 aliphatic carbocycles. The number of unbranched alkanes of at least 4 members (excludes halogenated alkanes) is 5. The summed E-state index contributed by atoms with van der Waals surface area (Å²) in [4.78, 5) is 12.1. The highest BCUT2D eigenvalue weighted by atomic mass is 16.5. The maximum Gasteiger partial charge on any atom is 0.343 e. The molecule has 0 amide bonds. The van der Waals surface area contributed by atoms with Crippen molar-refractivity contribution >= 4 is 17.8 Å². The van der Waals surface area contributed by atoms with Crippen molar-refractivity contribution < 1.29 is 14.3 Å². The van der Waals surface area contributed by atoms with Gasteiger partial charge in [0.15, 0.2) is 0 Å². The van der Waals surface area contributed by atoms with E-state index < -0.39 is 0 Å². The molecular formula is C25H28O3. The first-order valence-corrected chi connectivity index (χ1v) is 10.2. The van der Waals surface area contributed by atoms with Gasteiger partial charge in [0.25, 0.3) is 0 Å². The molecule has 0 atom stereocenters. The van der Waals surface area contributed by atoms with Gasteiger partial charge in [-0.25, -0.2) is 4.79 Å². The molecule has 0 bridgehead atoms. The van der Waals surface area contributed by atoms with Crippen LogP contribution < -0.4 is 4.74 Å². The van der Waals surface area contributed by atoms with E-state index in [2.05, 4.69) is 6.92 Å². The molecule has 0 aromatic heterocycles. The molecule has 0 saturated carbocycles. The fraction of sp³-hybridized carbons (Fsp3) is 0.320. The lowest BCUT2D eigenvalue weighted by molar-refractivity contribution is -0.130. The van der Waals surface area contributed by atoms with Crippen LogP contribution in [-0.4, -0.2) is 12.6 Å². The van der Waals surface area contributed by atoms with Gasteiger partial charge in [-0.15, -0.1) is 0 Å². The minimum absolute atomic E-state index is 0.317. The quantitative estimate of drug-likeness (QED) is 0.273. The summed E-state index contributed by atoms with van der Waals surface area (Å²) in [5, 5.41) is 0. The number of carbonyl (C=O) groups is 1. The van der Waals surface area contributed by atoms with Gasteiger partial charge in [0, 0.05) is 5.56 Å². The fourth-order valence-electron chi connectivity index (χ4n) is 3.15. The lowest BCUT2D eigenvalue weighted by Crippen LogP contribution is -1.98. The number of rotatable bonds is 10. The molecule has 0 fully saturated rings. The van der Waals surface area contributed by atoms with Crippen LogP contribution in [0.15, 0.2) is 66.2 Å². The molecule has 3 heteroatoms. The van der Waals surface area contributed by atoms with Gasteiger partial charge in [-0.3, -0.25) is 0 Å². The molecule has 3 nitrogen and oxygen atoms in total. The monoisotopic (exact) mass is 376 g/mol. The summed E-state index contributed by atoms with van der Waals surface area (Å²) in [6.07, 6.45) is 11.2. The third kappa shape index (κ3) is 5.85. The van der Waals surface area contributed by atoms with Crippen molar-refractivity contribution in [2.24, 2.45) is 0 Å². The zero-order valence-corrected chi connectivity index (χ0v) is 16.5. The predicted molar refractivity (Wildman–Crippen MR) is 114 cm³/mol. The second-order valence-corrected chi connectivity index (χ2v) is 7.05. The second kappa shape index (κ2) is 10.5. The molecule has 2 aromatic carbocycles. The highest BCUT2D eigenvalue weighted by Gasteiger charge is 2.21. The smallest absolute Gasteiger partial charge is 0.343 e. The van der Waals surface area contributed by atoms with E-state index in [4.69, 9.17) is 9.47 Å². The molecule has 0 unspecified atom stereocenters. The number of ether oxygens (including phenoxy) is 2. The van der Waals surface area contributed by atoms with Crippen LogP contribution in [0.4, 0.5) is 0 Å². The third-order valence-corrected chi connectivity index (χ3v) is 4.75. The van der Waals surface area contributed by atoms with Crippen LogP contribution in [0.5, 0.6) is 5.75 Å². The molecule has 3 rings (SSSR count). The number of hydrogen-bond acceptors (Lipinski definition) is 3. The van der Waals surface area contributed by atoms with Gasteiger partial charge in [-0.05, 0) is 36.3 Å². The Kier molecular flexibility index (Phi) is 7.48. The topological polar surface area (TPSA) is 35.5 Å². The minimum Gasteiger partial charge on any atom is -0.494 e. The van der Waals surface area contributed by atoms with Crippen LogP contribution in [0.3, 0.4) is 0 Å². The van der Waals surface area contributed by atoms with Crippen molar-refractivity contribution in [2.75, 3.05) is 6.61 Å². The summed E-state index contributed by atoms with van der Waals surface area (Å²) in [5.74, 6) is 1.14. The Hall–Kier alpha value is -2.81. The lowest BCUT2D eigenvalue weighted by Gasteiger charge is -2.06. The second-order valence-electron chi connectivity index (χ2n) is 7.05. The van der Waals surface area contributed by atoms with Gasteiger partial charge in [-0.2, -0.15) is 0 Å². The van der Waals surface area contributed by atoms with Crippen LogP contribution in [0.2, 0.25) is 0 Å². The van der Waals surface area contributed by atoms with E-state index in [-0.39, 0.29) is 5.97 Å². The van der Waals surface area contributed by atoms with Gasteiger partial charge in [0.2, 0.25) is 0 Å². The average Bonchev–Trinajstić information content (AvgIpc) is 3.09. The highest BCUT2D eigenvalue weighted by Crippen LogP contribution is 2.27. The molecule has 28 heavy (non-hydrogen) atoms. The maximum atomic E-state index is 12.1. The van der Waals surface area contributed by atoms with E-state index in [0.29, 0.717) is 11.3 Å². The van der Waals surface area contributed by atoms with Crippen molar-refractivity contribution in [1.29, 1.82) is 0 Å². The third-order valence-electron chi connectivity index (χ3n) is 4.75. The molecule has 146 valence electrons. The molecule has 2 aromatic rings. The zero-order valence-electron chi connectivity index (χ0n) is 16.5. The summed E-state index contributed by atoms with van der Waals surface area (Å²) in [6, 6.07) is 17.5. The van der Waals surface area contributed by atoms with Crippen molar-refractivity contribution in [2.45, 2.75) is 45.4 Å². The van der Waals surface area contributed by atoms with E-state index in [9.17, 15) is 4.79 Å². The highest BCUT2D eigenvalue weighted by molar-refractivity contribution is 6.05. The Morgan fingerprint density at radius 1 is 0.893 bits per heavy atom. The van der Waals surface area contributed by atoms with Crippen LogP contribution in [-0.2, 0) is 9.53 Å². The summed E-state index contributed by atoms with van der Waals surface area (Å²) in [5.41, 5.74) is 2.40. The molecule has 1 aliphatic heterocycles. The zero-order chi connectivity index (χ0) is 19.6. The lowest BCUT2D eigenvalue weighted by atomic mass is 10.1. The number of cyclic esters (lactones) is 1. The molecule has 1 heterocycles. The number of carbonyl (C=O) groups excluding carboxylic acids is 1. The molecule has 0 radical (unpaired) electrons. The van der Waals surface area contributed by atoms with Gasteiger partial charge >= 0.3 is 5.97 Å². The Balaban J connectivity index is 1.52. The van der Waals surface area contributed by atoms with Crippen molar-refractivity contribution in [3.63, 3.8) is 0 Å². The first-order valence-electron chi connectivity index (χ1n) is 10.2. The van der Waals surface area contributed by atoms with Gasteiger partial charge < -0.3 is 9.47 Å². The Bertz CT molecular complexity index is 817. The molecule has 1 aliphatic rings. The summed E-state index contributed by atoms with van der Waals surface area (Å²) in [6.45, 7) is 2.99. The van der Waals surface area contributed by atoms with E-state index in [1.807, 2.05) is 60.7 Å². The van der Waals surface area contributed by atoms with Crippen LogP contribution in [0, 0.1) is 0 Å². The minimum atomic E-state index is -0.317. The first-order chi connectivity index (χ1) is 13.8. The van der Waals surface area contributed by atoms with Gasteiger partial charge in [0.05, 0.1) is 12.2 Å². The SMILES string of the molecule is CCCCCCCCOc1ccc(/C=C2\C=C(c3ccccc3)OC2=O)cc1. The number of hydrogen-bond donors (Lipinski definition) is 0. The molecule has 0 saturated heterocycles. The van der Waals surface area contributed by atoms with Crippen LogP contribution in [0.1, 0.15) is 56.6 Å². The average molecular weight is 376 g/mol. The van der Waals surface area contributed by atoms with E-state index in [0.717, 1.165) is 29.9 Å². The maximum absolute atomic E-state index is 12.1. The predicted octanol–water partition coefficient (Wildman–Crippen LogP) is 6.41. The van der Waals surface area contributed by atoms with Crippen LogP contribution in [0.25, 0.3) is 11.8 Å². The van der Waals surface area contributed by atoms with Crippen molar-refractivity contribution in [3.05, 3.63) is 77.4 Å². The van der Waals surface area contributed by atoms with Crippen molar-refractivity contribution in [3.8, 4) is 5.75 Å². The fourth-order valence-corrected chi connectivity index (χ4v) is 3.15. The van der Waals surface area contributed by atoms with Crippen molar-refractivity contribution in [1.82, 2.24) is 0 Å². The molecule has 0 spiro atoms. The summed E-state index contributed by atoms with van der Waals surface area (Å²) in [7, 11) is 0. The molecule has 0 N–H and O–H groups in total. The number of benzene rings is 2. The van der Waals surface area contributed by atoms with E-state index in [1.54, 1.807) is 6.08 Å². The Labute approximate surface area is 167 Å². The Morgan fingerprint density at radius 3 is 2.36 bits per heavy atom. The first kappa shape index (κ1) is 19.9. The number of esters is 1. The van der Waals surface area contributed by atoms with Gasteiger partial charge in [0.1, 0.15) is 11.5 Å². The largest absolute Gasteiger partial charge is 0.494 e. The van der Waals surface area contributed by atoms with Crippen LogP contribution >= 0.6 is 0 Å². The normalized spacial score (nSPS) is 14.8. The van der Waals surface area contributed by atoms with E-state index in [1.165, 1.54) is 32.1 Å². The summed E-state index contributed by atoms with van der Waals surface area (Å²) < 4.78 is 11.2. The standard InChI is InChI=1S/C25H28O3/c1-2-3-4-5-6-10-17-27-23-15-13-20(14-16-23)18-22-19-24(28-25(22)26)21-11-8-7-9-12-21/h7-9,11-16,18-19H,2-6,10,17H2,1H3/b22-18+.